The van der Waals surface area contributed by atoms with Crippen LogP contribution in [-0.2, 0) is 11.3 Å². The Labute approximate surface area is 114 Å². The molecule has 104 valence electrons. The first-order valence-corrected chi connectivity index (χ1v) is 6.91. The van der Waals surface area contributed by atoms with Gasteiger partial charge in [0.2, 0.25) is 5.91 Å². The zero-order valence-corrected chi connectivity index (χ0v) is 11.4. The summed E-state index contributed by atoms with van der Waals surface area (Å²) in [5.74, 6) is 0.947. The van der Waals surface area contributed by atoms with E-state index in [-0.39, 0.29) is 5.91 Å². The maximum absolute atomic E-state index is 11.7. The predicted octanol–water partition coefficient (Wildman–Crippen LogP) is 1.84. The van der Waals surface area contributed by atoms with Crippen molar-refractivity contribution in [2.45, 2.75) is 38.3 Å². The van der Waals surface area contributed by atoms with E-state index in [9.17, 15) is 4.79 Å². The summed E-state index contributed by atoms with van der Waals surface area (Å²) in [6.07, 6.45) is 4.74. The molecule has 0 aromatic heterocycles. The highest BCUT2D eigenvalue weighted by Crippen LogP contribution is 2.17. The van der Waals surface area contributed by atoms with Crippen molar-refractivity contribution in [3.05, 3.63) is 29.8 Å². The van der Waals surface area contributed by atoms with Crippen LogP contribution in [0.1, 0.15) is 31.2 Å². The van der Waals surface area contributed by atoms with E-state index in [1.807, 2.05) is 24.3 Å². The van der Waals surface area contributed by atoms with Gasteiger partial charge in [-0.05, 0) is 30.5 Å². The molecular formula is C15H22N2O2. The number of carbonyl (C=O) groups excluding carboxylic acids is 1. The van der Waals surface area contributed by atoms with E-state index >= 15 is 0 Å². The minimum atomic E-state index is 0.0976. The second-order valence-electron chi connectivity index (χ2n) is 5.00. The summed E-state index contributed by atoms with van der Waals surface area (Å²) in [7, 11) is 1.65. The lowest BCUT2D eigenvalue weighted by molar-refractivity contribution is -0.120. The molecule has 1 aliphatic carbocycles. The van der Waals surface area contributed by atoms with Gasteiger partial charge in [-0.2, -0.15) is 0 Å². The third-order valence-electron chi connectivity index (χ3n) is 3.49. The van der Waals surface area contributed by atoms with Crippen molar-refractivity contribution < 1.29 is 9.53 Å². The second kappa shape index (κ2) is 7.14. The van der Waals surface area contributed by atoms with Gasteiger partial charge in [0.15, 0.2) is 0 Å². The summed E-state index contributed by atoms with van der Waals surface area (Å²) >= 11 is 0. The monoisotopic (exact) mass is 262 g/mol. The fourth-order valence-electron chi connectivity index (χ4n) is 2.41. The van der Waals surface area contributed by atoms with Crippen molar-refractivity contribution in [1.82, 2.24) is 10.6 Å². The molecule has 4 nitrogen and oxygen atoms in total. The average Bonchev–Trinajstić information content (AvgIpc) is 2.92. The molecule has 2 rings (SSSR count). The minimum Gasteiger partial charge on any atom is -0.497 e. The quantitative estimate of drug-likeness (QED) is 0.822. The van der Waals surface area contributed by atoms with Crippen LogP contribution >= 0.6 is 0 Å². The molecule has 1 amide bonds. The largest absolute Gasteiger partial charge is 0.497 e. The van der Waals surface area contributed by atoms with E-state index in [0.717, 1.165) is 24.2 Å². The molecule has 2 N–H and O–H groups in total. The highest BCUT2D eigenvalue weighted by atomic mass is 16.5. The first kappa shape index (κ1) is 13.9. The number of hydrogen-bond donors (Lipinski definition) is 2. The number of benzene rings is 1. The zero-order valence-electron chi connectivity index (χ0n) is 11.4. The smallest absolute Gasteiger partial charge is 0.234 e. The van der Waals surface area contributed by atoms with E-state index < -0.39 is 0 Å². The Balaban J connectivity index is 1.65. The molecule has 1 aromatic carbocycles. The van der Waals surface area contributed by atoms with Crippen LogP contribution in [-0.4, -0.2) is 25.6 Å². The first-order valence-electron chi connectivity index (χ1n) is 6.91. The molecular weight excluding hydrogens is 240 g/mol. The summed E-state index contributed by atoms with van der Waals surface area (Å²) in [5.41, 5.74) is 1.15. The van der Waals surface area contributed by atoms with Crippen LogP contribution in [0.25, 0.3) is 0 Å². The summed E-state index contributed by atoms with van der Waals surface area (Å²) < 4.78 is 5.10. The molecule has 0 radical (unpaired) electrons. The van der Waals surface area contributed by atoms with Crippen LogP contribution in [0.2, 0.25) is 0 Å². The van der Waals surface area contributed by atoms with Crippen LogP contribution in [0, 0.1) is 0 Å². The van der Waals surface area contributed by atoms with Crippen molar-refractivity contribution >= 4 is 5.91 Å². The van der Waals surface area contributed by atoms with Gasteiger partial charge in [-0.3, -0.25) is 4.79 Å². The molecule has 0 aliphatic heterocycles. The van der Waals surface area contributed by atoms with Crippen LogP contribution < -0.4 is 15.4 Å². The summed E-state index contributed by atoms with van der Waals surface area (Å²) in [6.45, 7) is 1.07. The molecule has 19 heavy (non-hydrogen) atoms. The Hall–Kier alpha value is -1.55. The fraction of sp³-hybridized carbons (Fsp3) is 0.533. The molecule has 0 atom stereocenters. The fourth-order valence-corrected chi connectivity index (χ4v) is 2.41. The van der Waals surface area contributed by atoms with Crippen molar-refractivity contribution in [3.63, 3.8) is 0 Å². The lowest BCUT2D eigenvalue weighted by Crippen LogP contribution is -2.38. The van der Waals surface area contributed by atoms with Crippen LogP contribution in [0.15, 0.2) is 24.3 Å². The van der Waals surface area contributed by atoms with Gasteiger partial charge in [0, 0.05) is 12.6 Å². The van der Waals surface area contributed by atoms with Gasteiger partial charge in [0.1, 0.15) is 5.75 Å². The molecule has 0 bridgehead atoms. The third kappa shape index (κ3) is 4.56. The Morgan fingerprint density at radius 1 is 1.26 bits per heavy atom. The lowest BCUT2D eigenvalue weighted by Gasteiger charge is -2.12. The van der Waals surface area contributed by atoms with Crippen LogP contribution in [0.5, 0.6) is 5.75 Å². The molecule has 0 unspecified atom stereocenters. The molecule has 0 spiro atoms. The normalized spacial score (nSPS) is 15.4. The molecule has 0 saturated heterocycles. The predicted molar refractivity (Wildman–Crippen MR) is 75.1 cm³/mol. The Bertz CT molecular complexity index is 397. The topological polar surface area (TPSA) is 50.4 Å². The van der Waals surface area contributed by atoms with Gasteiger partial charge < -0.3 is 15.4 Å². The molecule has 0 heterocycles. The third-order valence-corrected chi connectivity index (χ3v) is 3.49. The Kier molecular flexibility index (Phi) is 5.21. The molecule has 1 saturated carbocycles. The Morgan fingerprint density at radius 3 is 2.58 bits per heavy atom. The molecule has 1 aliphatic rings. The standard InChI is InChI=1S/C15H22N2O2/c1-19-14-8-6-12(7-9-14)10-16-11-15(18)17-13-4-2-3-5-13/h6-9,13,16H,2-5,10-11H2,1H3,(H,17,18). The van der Waals surface area contributed by atoms with Crippen molar-refractivity contribution in [1.29, 1.82) is 0 Å². The first-order chi connectivity index (χ1) is 9.28. The van der Waals surface area contributed by atoms with E-state index in [1.165, 1.54) is 12.8 Å². The number of ether oxygens (including phenoxy) is 1. The zero-order chi connectivity index (χ0) is 13.5. The molecule has 1 aromatic rings. The lowest BCUT2D eigenvalue weighted by atomic mass is 10.2. The highest BCUT2D eigenvalue weighted by Gasteiger charge is 2.16. The van der Waals surface area contributed by atoms with E-state index in [0.29, 0.717) is 19.1 Å². The van der Waals surface area contributed by atoms with Gasteiger partial charge in [-0.25, -0.2) is 0 Å². The second-order valence-corrected chi connectivity index (χ2v) is 5.00. The van der Waals surface area contributed by atoms with Gasteiger partial charge in [-0.15, -0.1) is 0 Å². The number of nitrogens with one attached hydrogen (secondary N) is 2. The highest BCUT2D eigenvalue weighted by molar-refractivity contribution is 5.78. The number of methoxy groups -OCH3 is 1. The number of carbonyl (C=O) groups is 1. The number of rotatable bonds is 6. The number of amides is 1. The van der Waals surface area contributed by atoms with E-state index in [2.05, 4.69) is 10.6 Å². The van der Waals surface area contributed by atoms with E-state index in [4.69, 9.17) is 4.74 Å². The number of hydrogen-bond acceptors (Lipinski definition) is 3. The van der Waals surface area contributed by atoms with Gasteiger partial charge in [0.05, 0.1) is 13.7 Å². The van der Waals surface area contributed by atoms with Gasteiger partial charge >= 0.3 is 0 Å². The van der Waals surface area contributed by atoms with Gasteiger partial charge in [0.25, 0.3) is 0 Å². The van der Waals surface area contributed by atoms with Crippen LogP contribution in [0.4, 0.5) is 0 Å². The summed E-state index contributed by atoms with van der Waals surface area (Å²) in [5, 5.41) is 6.22. The van der Waals surface area contributed by atoms with Crippen LogP contribution in [0.3, 0.4) is 0 Å². The summed E-state index contributed by atoms with van der Waals surface area (Å²) in [4.78, 5) is 11.7. The average molecular weight is 262 g/mol. The van der Waals surface area contributed by atoms with Gasteiger partial charge in [-0.1, -0.05) is 25.0 Å². The summed E-state index contributed by atoms with van der Waals surface area (Å²) in [6, 6.07) is 8.25. The maximum Gasteiger partial charge on any atom is 0.234 e. The molecule has 4 heteroatoms. The van der Waals surface area contributed by atoms with Crippen molar-refractivity contribution in [2.24, 2.45) is 0 Å². The minimum absolute atomic E-state index is 0.0976. The Morgan fingerprint density at radius 2 is 1.95 bits per heavy atom. The SMILES string of the molecule is COc1ccc(CNCC(=O)NC2CCCC2)cc1. The molecule has 1 fully saturated rings. The maximum atomic E-state index is 11.7. The van der Waals surface area contributed by atoms with E-state index in [1.54, 1.807) is 7.11 Å². The van der Waals surface area contributed by atoms with Crippen molar-refractivity contribution in [2.75, 3.05) is 13.7 Å². The van der Waals surface area contributed by atoms with Crippen molar-refractivity contribution in [3.8, 4) is 5.75 Å².